The third kappa shape index (κ3) is 7.47. The highest BCUT2D eigenvalue weighted by atomic mass is 32.2. The van der Waals surface area contributed by atoms with Gasteiger partial charge in [-0.25, -0.2) is 4.79 Å². The molecule has 8 heteroatoms. The zero-order valence-electron chi connectivity index (χ0n) is 13.8. The van der Waals surface area contributed by atoms with Crippen molar-refractivity contribution in [1.82, 2.24) is 10.6 Å². The van der Waals surface area contributed by atoms with Crippen molar-refractivity contribution in [2.45, 2.75) is 25.4 Å². The standard InChI is InChI=1S/C16H23N3O4S/c1-11(20)18-10-24-9-13(17)15(21)19-14(16(22)23-2)8-12-6-4-3-5-7-12/h3-7,13-14H,8-10,17H2,1-2H3,(H,18,20)(H,19,21)/t13-,14-/m0/s1. The van der Waals surface area contributed by atoms with Gasteiger partial charge >= 0.3 is 5.97 Å². The van der Waals surface area contributed by atoms with Gasteiger partial charge in [0.1, 0.15) is 6.04 Å². The average Bonchev–Trinajstić information content (AvgIpc) is 2.57. The lowest BCUT2D eigenvalue weighted by Crippen LogP contribution is -2.50. The molecule has 0 aliphatic heterocycles. The molecule has 0 radical (unpaired) electrons. The highest BCUT2D eigenvalue weighted by Crippen LogP contribution is 2.06. The van der Waals surface area contributed by atoms with Crippen LogP contribution in [0.4, 0.5) is 0 Å². The number of carbonyl (C=O) groups excluding carboxylic acids is 3. The van der Waals surface area contributed by atoms with Gasteiger partial charge in [-0.3, -0.25) is 9.59 Å². The number of rotatable bonds is 9. The molecule has 0 spiro atoms. The summed E-state index contributed by atoms with van der Waals surface area (Å²) >= 11 is 1.33. The third-order valence-electron chi connectivity index (χ3n) is 3.14. The Bertz CT molecular complexity index is 554. The Morgan fingerprint density at radius 3 is 2.50 bits per heavy atom. The van der Waals surface area contributed by atoms with Crippen LogP contribution in [0.25, 0.3) is 0 Å². The molecule has 4 N–H and O–H groups in total. The number of hydrogen-bond acceptors (Lipinski definition) is 6. The normalized spacial score (nSPS) is 12.8. The molecule has 2 atom stereocenters. The molecule has 0 bridgehead atoms. The Morgan fingerprint density at radius 1 is 1.25 bits per heavy atom. The SMILES string of the molecule is COC(=O)[C@H](Cc1ccccc1)NC(=O)[C@@H](N)CSCNC(C)=O. The van der Waals surface area contributed by atoms with E-state index in [1.165, 1.54) is 25.8 Å². The van der Waals surface area contributed by atoms with Crippen LogP contribution in [-0.2, 0) is 25.5 Å². The molecule has 0 unspecified atom stereocenters. The maximum Gasteiger partial charge on any atom is 0.328 e. The van der Waals surface area contributed by atoms with Crippen LogP contribution < -0.4 is 16.4 Å². The minimum Gasteiger partial charge on any atom is -0.467 e. The lowest BCUT2D eigenvalue weighted by Gasteiger charge is -2.19. The number of methoxy groups -OCH3 is 1. The molecule has 1 aromatic rings. The molecule has 7 nitrogen and oxygen atoms in total. The van der Waals surface area contributed by atoms with Crippen molar-refractivity contribution in [2.75, 3.05) is 18.7 Å². The van der Waals surface area contributed by atoms with E-state index in [-0.39, 0.29) is 5.91 Å². The maximum absolute atomic E-state index is 12.1. The van der Waals surface area contributed by atoms with E-state index in [1.54, 1.807) is 0 Å². The monoisotopic (exact) mass is 353 g/mol. The Morgan fingerprint density at radius 2 is 1.92 bits per heavy atom. The minimum absolute atomic E-state index is 0.144. The number of esters is 1. The lowest BCUT2D eigenvalue weighted by atomic mass is 10.1. The fourth-order valence-electron chi connectivity index (χ4n) is 1.88. The molecule has 0 heterocycles. The van der Waals surface area contributed by atoms with Gasteiger partial charge in [-0.1, -0.05) is 30.3 Å². The first-order chi connectivity index (χ1) is 11.4. The van der Waals surface area contributed by atoms with Gasteiger partial charge in [0.25, 0.3) is 0 Å². The van der Waals surface area contributed by atoms with Gasteiger partial charge < -0.3 is 21.1 Å². The lowest BCUT2D eigenvalue weighted by molar-refractivity contribution is -0.145. The summed E-state index contributed by atoms with van der Waals surface area (Å²) in [6.07, 6.45) is 0.324. The summed E-state index contributed by atoms with van der Waals surface area (Å²) in [7, 11) is 1.27. The summed E-state index contributed by atoms with van der Waals surface area (Å²) in [6.45, 7) is 1.41. The number of thioether (sulfide) groups is 1. The molecule has 0 aliphatic rings. The van der Waals surface area contributed by atoms with Gasteiger partial charge in [-0.2, -0.15) is 0 Å². The van der Waals surface area contributed by atoms with Crippen LogP contribution in [0.5, 0.6) is 0 Å². The van der Waals surface area contributed by atoms with Gasteiger partial charge in [0.2, 0.25) is 11.8 Å². The molecule has 1 aromatic carbocycles. The van der Waals surface area contributed by atoms with E-state index in [9.17, 15) is 14.4 Å². The largest absolute Gasteiger partial charge is 0.467 e. The second-order valence-corrected chi connectivity index (χ2v) is 6.16. The maximum atomic E-state index is 12.1. The summed E-state index contributed by atoms with van der Waals surface area (Å²) < 4.78 is 4.74. The molecule has 2 amide bonds. The van der Waals surface area contributed by atoms with E-state index in [0.29, 0.717) is 18.1 Å². The van der Waals surface area contributed by atoms with E-state index >= 15 is 0 Å². The fourth-order valence-corrected chi connectivity index (χ4v) is 2.71. The van der Waals surface area contributed by atoms with Crippen molar-refractivity contribution in [3.05, 3.63) is 35.9 Å². The third-order valence-corrected chi connectivity index (χ3v) is 4.09. The minimum atomic E-state index is -0.795. The van der Waals surface area contributed by atoms with E-state index < -0.39 is 24.0 Å². The fraction of sp³-hybridized carbons (Fsp3) is 0.438. The second-order valence-electron chi connectivity index (χ2n) is 5.13. The number of ether oxygens (including phenoxy) is 1. The number of carbonyl (C=O) groups is 3. The molecule has 0 saturated carbocycles. The predicted molar refractivity (Wildman–Crippen MR) is 93.2 cm³/mol. The first kappa shape index (κ1) is 20.0. The van der Waals surface area contributed by atoms with E-state index in [2.05, 4.69) is 10.6 Å². The molecule has 0 fully saturated rings. The van der Waals surface area contributed by atoms with E-state index in [1.807, 2.05) is 30.3 Å². The summed E-state index contributed by atoms with van der Waals surface area (Å²) in [5.41, 5.74) is 6.72. The number of hydrogen-bond donors (Lipinski definition) is 3. The Hall–Kier alpha value is -2.06. The summed E-state index contributed by atoms with van der Waals surface area (Å²) in [6, 6.07) is 7.74. The predicted octanol–water partition coefficient (Wildman–Crippen LogP) is 0.0410. The summed E-state index contributed by atoms with van der Waals surface area (Å²) in [5.74, 6) is -0.400. The first-order valence-corrected chi connectivity index (χ1v) is 8.59. The molecule has 0 aromatic heterocycles. The average molecular weight is 353 g/mol. The summed E-state index contributed by atoms with van der Waals surface area (Å²) in [4.78, 5) is 34.8. The van der Waals surface area contributed by atoms with Crippen molar-refractivity contribution >= 4 is 29.5 Å². The molecular weight excluding hydrogens is 330 g/mol. The van der Waals surface area contributed by atoms with Gasteiger partial charge in [-0.05, 0) is 5.56 Å². The number of benzene rings is 1. The van der Waals surface area contributed by atoms with Crippen LogP contribution in [0, 0.1) is 0 Å². The van der Waals surface area contributed by atoms with Gasteiger partial charge in [-0.15, -0.1) is 11.8 Å². The van der Waals surface area contributed by atoms with Gasteiger partial charge in [0, 0.05) is 19.1 Å². The molecular formula is C16H23N3O4S. The van der Waals surface area contributed by atoms with E-state index in [4.69, 9.17) is 10.5 Å². The van der Waals surface area contributed by atoms with E-state index in [0.717, 1.165) is 5.56 Å². The van der Waals surface area contributed by atoms with Crippen LogP contribution in [0.3, 0.4) is 0 Å². The Balaban J connectivity index is 2.54. The zero-order valence-corrected chi connectivity index (χ0v) is 14.6. The second kappa shape index (κ2) is 10.7. The zero-order chi connectivity index (χ0) is 17.9. The van der Waals surface area contributed by atoms with Crippen LogP contribution in [0.15, 0.2) is 30.3 Å². The summed E-state index contributed by atoms with van der Waals surface area (Å²) in [5, 5.41) is 5.23. The number of nitrogens with one attached hydrogen (secondary N) is 2. The topological polar surface area (TPSA) is 111 Å². The molecule has 0 aliphatic carbocycles. The Kier molecular flexibility index (Phi) is 8.88. The van der Waals surface area contributed by atoms with Crippen LogP contribution >= 0.6 is 11.8 Å². The van der Waals surface area contributed by atoms with Gasteiger partial charge in [0.15, 0.2) is 0 Å². The quantitative estimate of drug-likeness (QED) is 0.328. The highest BCUT2D eigenvalue weighted by Gasteiger charge is 2.24. The van der Waals surface area contributed by atoms with Crippen molar-refractivity contribution in [2.24, 2.45) is 5.73 Å². The van der Waals surface area contributed by atoms with Crippen LogP contribution in [0.1, 0.15) is 12.5 Å². The number of amides is 2. The Labute approximate surface area is 145 Å². The number of nitrogens with two attached hydrogens (primary N) is 1. The molecule has 132 valence electrons. The van der Waals surface area contributed by atoms with Crippen molar-refractivity contribution in [3.63, 3.8) is 0 Å². The van der Waals surface area contributed by atoms with Crippen molar-refractivity contribution in [3.8, 4) is 0 Å². The van der Waals surface area contributed by atoms with Crippen molar-refractivity contribution in [1.29, 1.82) is 0 Å². The highest BCUT2D eigenvalue weighted by molar-refractivity contribution is 7.99. The van der Waals surface area contributed by atoms with Gasteiger partial charge in [0.05, 0.1) is 19.0 Å². The van der Waals surface area contributed by atoms with Crippen LogP contribution in [-0.4, -0.2) is 48.6 Å². The first-order valence-electron chi connectivity index (χ1n) is 7.44. The molecule has 0 saturated heterocycles. The molecule has 1 rings (SSSR count). The molecule has 24 heavy (non-hydrogen) atoms. The van der Waals surface area contributed by atoms with Crippen molar-refractivity contribution < 1.29 is 19.1 Å². The smallest absolute Gasteiger partial charge is 0.328 e. The van der Waals surface area contributed by atoms with Crippen LogP contribution in [0.2, 0.25) is 0 Å².